The topological polar surface area (TPSA) is 29.3 Å². The van der Waals surface area contributed by atoms with E-state index in [1.165, 1.54) is 16.7 Å². The average molecular weight is 310 g/mol. The molecule has 1 aliphatic rings. The van der Waals surface area contributed by atoms with Gasteiger partial charge in [-0.1, -0.05) is 36.0 Å². The maximum atomic E-state index is 13.4. The van der Waals surface area contributed by atoms with Crippen molar-refractivity contribution in [3.63, 3.8) is 0 Å². The average Bonchev–Trinajstić information content (AvgIpc) is 2.46. The molecule has 1 unspecified atom stereocenters. The zero-order valence-corrected chi connectivity index (χ0v) is 11.8. The molecule has 1 atom stereocenters. The predicted molar refractivity (Wildman–Crippen MR) is 78.0 cm³/mol. The Morgan fingerprint density at radius 2 is 1.43 bits per heavy atom. The van der Waals surface area contributed by atoms with E-state index in [1.807, 2.05) is 24.3 Å². The Kier molecular flexibility index (Phi) is 3.59. The summed E-state index contributed by atoms with van der Waals surface area (Å²) in [6.07, 6.45) is -4.39. The molecule has 0 spiro atoms. The van der Waals surface area contributed by atoms with Crippen molar-refractivity contribution in [2.75, 3.05) is 11.4 Å². The van der Waals surface area contributed by atoms with Gasteiger partial charge in [0.05, 0.1) is 11.4 Å². The van der Waals surface area contributed by atoms with Gasteiger partial charge in [0.1, 0.15) is 6.04 Å². The van der Waals surface area contributed by atoms with E-state index in [0.717, 1.165) is 9.79 Å². The van der Waals surface area contributed by atoms with E-state index >= 15 is 0 Å². The molecule has 0 saturated carbocycles. The summed E-state index contributed by atoms with van der Waals surface area (Å²) in [4.78, 5) is 2.92. The van der Waals surface area contributed by atoms with E-state index in [1.54, 1.807) is 24.3 Å². The van der Waals surface area contributed by atoms with Crippen molar-refractivity contribution in [2.45, 2.75) is 22.0 Å². The molecule has 2 aromatic carbocycles. The van der Waals surface area contributed by atoms with Crippen LogP contribution in [-0.4, -0.2) is 18.8 Å². The first-order chi connectivity index (χ1) is 10.0. The fraction of sp³-hybridized carbons (Fsp3) is 0.200. The van der Waals surface area contributed by atoms with E-state index in [4.69, 9.17) is 5.73 Å². The van der Waals surface area contributed by atoms with Gasteiger partial charge in [-0.15, -0.1) is 0 Å². The minimum atomic E-state index is -4.39. The van der Waals surface area contributed by atoms with E-state index in [0.29, 0.717) is 11.4 Å². The number of alkyl halides is 3. The monoisotopic (exact) mass is 310 g/mol. The fourth-order valence-corrected chi connectivity index (χ4v) is 3.53. The number of benzene rings is 2. The molecule has 0 aliphatic carbocycles. The van der Waals surface area contributed by atoms with Gasteiger partial charge in [-0.25, -0.2) is 0 Å². The van der Waals surface area contributed by atoms with Crippen molar-refractivity contribution in [3.05, 3.63) is 48.5 Å². The van der Waals surface area contributed by atoms with Crippen LogP contribution in [0, 0.1) is 0 Å². The molecule has 3 rings (SSSR count). The molecule has 2 N–H and O–H groups in total. The standard InChI is InChI=1S/C15H13F3N2S/c16-15(17,18)14(9-19)20-10-5-1-3-7-12(10)21-13-8-4-2-6-11(13)20/h1-8,14H,9,19H2. The molecule has 1 aliphatic heterocycles. The maximum Gasteiger partial charge on any atom is 0.410 e. The summed E-state index contributed by atoms with van der Waals surface area (Å²) in [7, 11) is 0. The minimum Gasteiger partial charge on any atom is -0.328 e. The lowest BCUT2D eigenvalue weighted by Gasteiger charge is -2.38. The highest BCUT2D eigenvalue weighted by molar-refractivity contribution is 7.99. The summed E-state index contributed by atoms with van der Waals surface area (Å²) in [5.41, 5.74) is 6.54. The quantitative estimate of drug-likeness (QED) is 0.902. The number of hydrogen-bond donors (Lipinski definition) is 1. The molecule has 2 nitrogen and oxygen atoms in total. The van der Waals surface area contributed by atoms with E-state index in [2.05, 4.69) is 0 Å². The number of nitrogens with two attached hydrogens (primary N) is 1. The first-order valence-electron chi connectivity index (χ1n) is 6.44. The van der Waals surface area contributed by atoms with Crippen molar-refractivity contribution >= 4 is 23.1 Å². The minimum absolute atomic E-state index is 0.489. The molecule has 0 bridgehead atoms. The molecule has 0 saturated heterocycles. The summed E-state index contributed by atoms with van der Waals surface area (Å²) in [6, 6.07) is 12.4. The third-order valence-electron chi connectivity index (χ3n) is 3.38. The van der Waals surface area contributed by atoms with Crippen LogP contribution >= 0.6 is 11.8 Å². The number of rotatable bonds is 2. The third-order valence-corrected chi connectivity index (χ3v) is 4.51. The highest BCUT2D eigenvalue weighted by Gasteiger charge is 2.45. The Labute approximate surface area is 124 Å². The number of nitrogens with zero attached hydrogens (tertiary/aromatic N) is 1. The van der Waals surface area contributed by atoms with Gasteiger partial charge in [0.25, 0.3) is 0 Å². The van der Waals surface area contributed by atoms with Crippen LogP contribution in [0.15, 0.2) is 58.3 Å². The molecule has 0 radical (unpaired) electrons. The molecular weight excluding hydrogens is 297 g/mol. The summed E-state index contributed by atoms with van der Waals surface area (Å²) in [5, 5.41) is 0. The van der Waals surface area contributed by atoms with E-state index < -0.39 is 18.8 Å². The molecule has 6 heteroatoms. The van der Waals surface area contributed by atoms with Gasteiger partial charge in [-0.2, -0.15) is 13.2 Å². The second-order valence-corrected chi connectivity index (χ2v) is 5.78. The highest BCUT2D eigenvalue weighted by atomic mass is 32.2. The largest absolute Gasteiger partial charge is 0.410 e. The Balaban J connectivity index is 2.19. The van der Waals surface area contributed by atoms with Gasteiger partial charge >= 0.3 is 6.18 Å². The number of fused-ring (bicyclic) bond motifs is 2. The smallest absolute Gasteiger partial charge is 0.328 e. The number of anilines is 2. The lowest BCUT2D eigenvalue weighted by molar-refractivity contribution is -0.144. The van der Waals surface area contributed by atoms with Crippen molar-refractivity contribution in [3.8, 4) is 0 Å². The summed E-state index contributed by atoms with van der Waals surface area (Å²) < 4.78 is 40.1. The molecule has 0 fully saturated rings. The Morgan fingerprint density at radius 1 is 0.952 bits per heavy atom. The summed E-state index contributed by atoms with van der Waals surface area (Å²) in [6.45, 7) is -0.489. The Morgan fingerprint density at radius 3 is 1.86 bits per heavy atom. The lowest BCUT2D eigenvalue weighted by Crippen LogP contribution is -2.49. The second-order valence-electron chi connectivity index (χ2n) is 4.70. The van der Waals surface area contributed by atoms with Crippen LogP contribution in [0.3, 0.4) is 0 Å². The molecule has 2 aromatic rings. The number of para-hydroxylation sites is 2. The van der Waals surface area contributed by atoms with Crippen LogP contribution < -0.4 is 10.6 Å². The molecular formula is C15H13F3N2S. The van der Waals surface area contributed by atoms with Crippen molar-refractivity contribution in [1.29, 1.82) is 0 Å². The Bertz CT molecular complexity index is 612. The molecule has 1 heterocycles. The van der Waals surface area contributed by atoms with E-state index in [-0.39, 0.29) is 0 Å². The van der Waals surface area contributed by atoms with Crippen molar-refractivity contribution < 1.29 is 13.2 Å². The molecule has 0 amide bonds. The van der Waals surface area contributed by atoms with Gasteiger partial charge < -0.3 is 10.6 Å². The summed E-state index contributed by atoms with van der Waals surface area (Å²) in [5.74, 6) is 0. The first kappa shape index (κ1) is 14.3. The second kappa shape index (κ2) is 5.27. The zero-order chi connectivity index (χ0) is 15.0. The number of halogens is 3. The van der Waals surface area contributed by atoms with Gasteiger partial charge in [0, 0.05) is 16.3 Å². The van der Waals surface area contributed by atoms with Crippen LogP contribution in [0.2, 0.25) is 0 Å². The SMILES string of the molecule is NCC(N1c2ccccc2Sc2ccccc21)C(F)(F)F. The highest BCUT2D eigenvalue weighted by Crippen LogP contribution is 2.50. The van der Waals surface area contributed by atoms with Crippen LogP contribution in [0.5, 0.6) is 0 Å². The van der Waals surface area contributed by atoms with Crippen LogP contribution in [0.25, 0.3) is 0 Å². The van der Waals surface area contributed by atoms with E-state index in [9.17, 15) is 13.2 Å². The first-order valence-corrected chi connectivity index (χ1v) is 7.26. The third kappa shape index (κ3) is 2.49. The number of hydrogen-bond acceptors (Lipinski definition) is 3. The predicted octanol–water partition coefficient (Wildman–Crippen LogP) is 4.18. The zero-order valence-electron chi connectivity index (χ0n) is 11.0. The van der Waals surface area contributed by atoms with Crippen molar-refractivity contribution in [2.24, 2.45) is 5.73 Å². The van der Waals surface area contributed by atoms with Crippen LogP contribution in [-0.2, 0) is 0 Å². The Hall–Kier alpha value is -1.66. The fourth-order valence-electron chi connectivity index (χ4n) is 2.45. The van der Waals surface area contributed by atoms with Crippen molar-refractivity contribution in [1.82, 2.24) is 0 Å². The normalized spacial score (nSPS) is 15.3. The molecule has 110 valence electrons. The lowest BCUT2D eigenvalue weighted by atomic mass is 10.1. The van der Waals surface area contributed by atoms with Crippen LogP contribution in [0.4, 0.5) is 24.5 Å². The molecule has 21 heavy (non-hydrogen) atoms. The van der Waals surface area contributed by atoms with Crippen LogP contribution in [0.1, 0.15) is 0 Å². The van der Waals surface area contributed by atoms with Gasteiger partial charge in [-0.3, -0.25) is 0 Å². The molecule has 0 aromatic heterocycles. The van der Waals surface area contributed by atoms with Gasteiger partial charge in [0.15, 0.2) is 0 Å². The summed E-state index contributed by atoms with van der Waals surface area (Å²) >= 11 is 1.47. The van der Waals surface area contributed by atoms with Gasteiger partial charge in [0.2, 0.25) is 0 Å². The van der Waals surface area contributed by atoms with Gasteiger partial charge in [-0.05, 0) is 24.3 Å². The maximum absolute atomic E-state index is 13.4.